The molecule has 1 amide bonds. The first-order valence-electron chi connectivity index (χ1n) is 8.06. The summed E-state index contributed by atoms with van der Waals surface area (Å²) in [6.45, 7) is 2.33. The van der Waals surface area contributed by atoms with E-state index in [1.165, 1.54) is 11.3 Å². The Morgan fingerprint density at radius 1 is 1.18 bits per heavy atom. The molecule has 0 radical (unpaired) electrons. The number of carbonyl (C=O) groups is 1. The summed E-state index contributed by atoms with van der Waals surface area (Å²) in [5.74, 6) is -0.175. The fourth-order valence-electron chi connectivity index (χ4n) is 2.63. The SMILES string of the molecule is CCOc1cccc2sc(=NC(=O)c3cc([N+](=O)[O-])cc([N+](=O)[O-])c3)n(C)c12. The predicted molar refractivity (Wildman–Crippen MR) is 102 cm³/mol. The van der Waals surface area contributed by atoms with Crippen molar-refractivity contribution in [2.24, 2.45) is 12.0 Å². The molecule has 0 atom stereocenters. The topological polar surface area (TPSA) is 130 Å². The summed E-state index contributed by atoms with van der Waals surface area (Å²) in [5.41, 5.74) is -0.575. The number of hydrogen-bond donors (Lipinski definition) is 0. The zero-order valence-electron chi connectivity index (χ0n) is 14.8. The molecule has 3 rings (SSSR count). The van der Waals surface area contributed by atoms with Gasteiger partial charge in [0, 0.05) is 19.2 Å². The van der Waals surface area contributed by atoms with Crippen LogP contribution < -0.4 is 9.54 Å². The number of carbonyl (C=O) groups excluding carboxylic acids is 1. The first-order valence-corrected chi connectivity index (χ1v) is 8.87. The van der Waals surface area contributed by atoms with E-state index in [1.54, 1.807) is 17.7 Å². The highest BCUT2D eigenvalue weighted by Gasteiger charge is 2.20. The molecule has 0 aliphatic heterocycles. The highest BCUT2D eigenvalue weighted by molar-refractivity contribution is 7.16. The van der Waals surface area contributed by atoms with Crippen LogP contribution in [0.1, 0.15) is 17.3 Å². The average Bonchev–Trinajstić information content (AvgIpc) is 2.98. The smallest absolute Gasteiger partial charge is 0.280 e. The lowest BCUT2D eigenvalue weighted by Crippen LogP contribution is -2.14. The first-order chi connectivity index (χ1) is 13.3. The second kappa shape index (κ2) is 7.56. The lowest BCUT2D eigenvalue weighted by Gasteiger charge is -2.05. The van der Waals surface area contributed by atoms with E-state index in [-0.39, 0.29) is 5.56 Å². The molecule has 2 aromatic carbocycles. The van der Waals surface area contributed by atoms with Crippen LogP contribution in [0.3, 0.4) is 0 Å². The van der Waals surface area contributed by atoms with Crippen LogP contribution in [0, 0.1) is 20.2 Å². The second-order valence-corrected chi connectivity index (χ2v) is 6.66. The van der Waals surface area contributed by atoms with Gasteiger partial charge in [0.15, 0.2) is 4.80 Å². The number of aromatic nitrogens is 1. The number of hydrogen-bond acceptors (Lipinski definition) is 7. The number of benzene rings is 2. The van der Waals surface area contributed by atoms with E-state index in [4.69, 9.17) is 4.74 Å². The van der Waals surface area contributed by atoms with Crippen LogP contribution in [0.5, 0.6) is 5.75 Å². The number of fused-ring (bicyclic) bond motifs is 1. The van der Waals surface area contributed by atoms with Crippen LogP contribution in [0.25, 0.3) is 10.2 Å². The standard InChI is InChI=1S/C17H14N4O6S/c1-3-27-13-5-4-6-14-15(13)19(2)17(28-14)18-16(22)10-7-11(20(23)24)9-12(8-10)21(25)26/h4-9H,3H2,1-2H3. The molecule has 0 bridgehead atoms. The van der Waals surface area contributed by atoms with Gasteiger partial charge in [0.25, 0.3) is 17.3 Å². The number of aryl methyl sites for hydroxylation is 1. The lowest BCUT2D eigenvalue weighted by molar-refractivity contribution is -0.394. The molecular weight excluding hydrogens is 388 g/mol. The number of nitrogens with zero attached hydrogens (tertiary/aromatic N) is 4. The maximum Gasteiger partial charge on any atom is 0.280 e. The van der Waals surface area contributed by atoms with Crippen molar-refractivity contribution in [2.45, 2.75) is 6.92 Å². The van der Waals surface area contributed by atoms with Crippen molar-refractivity contribution in [2.75, 3.05) is 6.61 Å². The zero-order chi connectivity index (χ0) is 20.4. The molecule has 0 unspecified atom stereocenters. The molecule has 3 aromatic rings. The van der Waals surface area contributed by atoms with Gasteiger partial charge >= 0.3 is 0 Å². The van der Waals surface area contributed by atoms with Crippen molar-refractivity contribution >= 4 is 38.8 Å². The molecule has 0 saturated heterocycles. The van der Waals surface area contributed by atoms with Crippen LogP contribution in [0.2, 0.25) is 0 Å². The second-order valence-electron chi connectivity index (χ2n) is 5.65. The van der Waals surface area contributed by atoms with Crippen molar-refractivity contribution in [3.05, 3.63) is 67.0 Å². The van der Waals surface area contributed by atoms with Crippen LogP contribution in [0.4, 0.5) is 11.4 Å². The van der Waals surface area contributed by atoms with E-state index in [0.717, 1.165) is 28.4 Å². The molecule has 0 spiro atoms. The Balaban J connectivity index is 2.13. The number of ether oxygens (including phenoxy) is 1. The number of para-hydroxylation sites is 1. The first kappa shape index (κ1) is 19.2. The Bertz CT molecular complexity index is 1150. The summed E-state index contributed by atoms with van der Waals surface area (Å²) in [6.07, 6.45) is 0. The minimum Gasteiger partial charge on any atom is -0.492 e. The van der Waals surface area contributed by atoms with Crippen LogP contribution in [0.15, 0.2) is 41.4 Å². The van der Waals surface area contributed by atoms with Gasteiger partial charge in [-0.2, -0.15) is 4.99 Å². The van der Waals surface area contributed by atoms with Gasteiger partial charge in [-0.3, -0.25) is 25.0 Å². The number of nitro benzene ring substituents is 2. The van der Waals surface area contributed by atoms with Gasteiger partial charge in [-0.05, 0) is 19.1 Å². The Hall–Kier alpha value is -3.60. The molecule has 0 N–H and O–H groups in total. The number of non-ortho nitro benzene ring substituents is 2. The number of amides is 1. The highest BCUT2D eigenvalue weighted by Crippen LogP contribution is 2.27. The van der Waals surface area contributed by atoms with E-state index in [2.05, 4.69) is 4.99 Å². The fourth-order valence-corrected chi connectivity index (χ4v) is 3.66. The minimum absolute atomic E-state index is 0.233. The van der Waals surface area contributed by atoms with Gasteiger partial charge in [-0.15, -0.1) is 0 Å². The summed E-state index contributed by atoms with van der Waals surface area (Å²) in [6, 6.07) is 8.21. The summed E-state index contributed by atoms with van der Waals surface area (Å²) in [7, 11) is 1.71. The minimum atomic E-state index is -0.813. The number of rotatable bonds is 5. The molecule has 0 aliphatic rings. The van der Waals surface area contributed by atoms with E-state index < -0.39 is 27.1 Å². The van der Waals surface area contributed by atoms with E-state index in [1.807, 2.05) is 19.1 Å². The van der Waals surface area contributed by atoms with Crippen molar-refractivity contribution in [1.82, 2.24) is 4.57 Å². The quantitative estimate of drug-likeness (QED) is 0.476. The largest absolute Gasteiger partial charge is 0.492 e. The molecule has 1 heterocycles. The molecule has 11 heteroatoms. The van der Waals surface area contributed by atoms with Crippen LogP contribution in [-0.4, -0.2) is 26.9 Å². The highest BCUT2D eigenvalue weighted by atomic mass is 32.1. The Kier molecular flexibility index (Phi) is 5.18. The molecule has 0 fully saturated rings. The summed E-state index contributed by atoms with van der Waals surface area (Å²) in [4.78, 5) is 37.3. The summed E-state index contributed by atoms with van der Waals surface area (Å²) >= 11 is 1.24. The third-order valence-corrected chi connectivity index (χ3v) is 4.95. The summed E-state index contributed by atoms with van der Waals surface area (Å²) in [5, 5.41) is 22.0. The van der Waals surface area contributed by atoms with Crippen LogP contribution >= 0.6 is 11.3 Å². The van der Waals surface area contributed by atoms with Crippen molar-refractivity contribution in [3.8, 4) is 5.75 Å². The normalized spacial score (nSPS) is 11.6. The van der Waals surface area contributed by atoms with Crippen molar-refractivity contribution in [3.63, 3.8) is 0 Å². The number of thiazole rings is 1. The van der Waals surface area contributed by atoms with Gasteiger partial charge in [0.2, 0.25) is 0 Å². The number of nitro groups is 2. The lowest BCUT2D eigenvalue weighted by atomic mass is 10.1. The van der Waals surface area contributed by atoms with E-state index in [9.17, 15) is 25.0 Å². The van der Waals surface area contributed by atoms with Gasteiger partial charge in [-0.1, -0.05) is 17.4 Å². The zero-order valence-corrected chi connectivity index (χ0v) is 15.6. The Labute approximate surface area is 161 Å². The van der Waals surface area contributed by atoms with Crippen molar-refractivity contribution in [1.29, 1.82) is 0 Å². The average molecular weight is 402 g/mol. The molecular formula is C17H14N4O6S. The molecule has 1 aromatic heterocycles. The van der Waals surface area contributed by atoms with Crippen LogP contribution in [-0.2, 0) is 7.05 Å². The maximum atomic E-state index is 12.6. The predicted octanol–water partition coefficient (Wildman–Crippen LogP) is 3.20. The third-order valence-electron chi connectivity index (χ3n) is 3.85. The van der Waals surface area contributed by atoms with E-state index >= 15 is 0 Å². The molecule has 10 nitrogen and oxygen atoms in total. The molecule has 144 valence electrons. The molecule has 0 aliphatic carbocycles. The molecule has 28 heavy (non-hydrogen) atoms. The van der Waals surface area contributed by atoms with Gasteiger partial charge in [0.05, 0.1) is 32.8 Å². The monoisotopic (exact) mass is 402 g/mol. The Morgan fingerprint density at radius 2 is 1.82 bits per heavy atom. The Morgan fingerprint density at radius 3 is 2.39 bits per heavy atom. The van der Waals surface area contributed by atoms with Gasteiger partial charge < -0.3 is 9.30 Å². The van der Waals surface area contributed by atoms with Crippen molar-refractivity contribution < 1.29 is 19.4 Å². The fraction of sp³-hybridized carbons (Fsp3) is 0.176. The van der Waals surface area contributed by atoms with E-state index in [0.29, 0.717) is 17.2 Å². The van der Waals surface area contributed by atoms with Gasteiger partial charge in [-0.25, -0.2) is 0 Å². The summed E-state index contributed by atoms with van der Waals surface area (Å²) < 4.78 is 8.11. The third kappa shape index (κ3) is 3.60. The maximum absolute atomic E-state index is 12.6. The van der Waals surface area contributed by atoms with Gasteiger partial charge in [0.1, 0.15) is 11.3 Å². The molecule has 0 saturated carbocycles.